The highest BCUT2D eigenvalue weighted by molar-refractivity contribution is 5.30. The maximum atomic E-state index is 3.42. The van der Waals surface area contributed by atoms with Crippen molar-refractivity contribution in [2.45, 2.75) is 40.2 Å². The molecule has 1 aliphatic rings. The topological polar surface area (TPSA) is 12.0 Å². The van der Waals surface area contributed by atoms with Crippen molar-refractivity contribution in [2.75, 3.05) is 0 Å². The van der Waals surface area contributed by atoms with Gasteiger partial charge in [0.2, 0.25) is 0 Å². The van der Waals surface area contributed by atoms with Crippen molar-refractivity contribution < 1.29 is 0 Å². The van der Waals surface area contributed by atoms with Gasteiger partial charge in [-0.25, -0.2) is 0 Å². The number of hydrogen-bond acceptors (Lipinski definition) is 1. The minimum atomic E-state index is 0.564. The fraction of sp³-hybridized carbons (Fsp3) is 0.636. The molecule has 0 fully saturated rings. The monoisotopic (exact) mass is 165 g/mol. The van der Waals surface area contributed by atoms with Crippen LogP contribution in [0.3, 0.4) is 0 Å². The molecule has 0 aromatic heterocycles. The average Bonchev–Trinajstić information content (AvgIpc) is 2.04. The van der Waals surface area contributed by atoms with Gasteiger partial charge >= 0.3 is 0 Å². The van der Waals surface area contributed by atoms with Crippen molar-refractivity contribution in [3.63, 3.8) is 0 Å². The number of dihydropyridines is 1. The Bertz CT molecular complexity index is 211. The van der Waals surface area contributed by atoms with Gasteiger partial charge in [0.15, 0.2) is 0 Å². The molecule has 1 unspecified atom stereocenters. The molecule has 0 aromatic carbocycles. The van der Waals surface area contributed by atoms with Crippen LogP contribution in [0, 0.1) is 5.92 Å². The molecule has 0 saturated carbocycles. The van der Waals surface area contributed by atoms with E-state index in [0.717, 1.165) is 0 Å². The fourth-order valence-electron chi connectivity index (χ4n) is 1.66. The van der Waals surface area contributed by atoms with Gasteiger partial charge in [0, 0.05) is 6.04 Å². The molecule has 0 spiro atoms. The van der Waals surface area contributed by atoms with Crippen LogP contribution >= 0.6 is 0 Å². The van der Waals surface area contributed by atoms with Crippen LogP contribution in [0.4, 0.5) is 0 Å². The molecule has 0 aliphatic carbocycles. The molecule has 0 bridgehead atoms. The summed E-state index contributed by atoms with van der Waals surface area (Å²) in [5.74, 6) is 0.658. The van der Waals surface area contributed by atoms with Gasteiger partial charge in [0.25, 0.3) is 0 Å². The summed E-state index contributed by atoms with van der Waals surface area (Å²) in [6, 6.07) is 0.564. The summed E-state index contributed by atoms with van der Waals surface area (Å²) in [5.41, 5.74) is 2.88. The predicted molar refractivity (Wildman–Crippen MR) is 53.9 cm³/mol. The smallest absolute Gasteiger partial charge is 0.0471 e. The van der Waals surface area contributed by atoms with E-state index in [1.807, 2.05) is 0 Å². The standard InChI is InChI=1S/C11H19N/c1-5-11-10(8(2)3)6-9(4)7-12-11/h6-8,11-12H,5H2,1-4H3. The molecule has 0 aromatic rings. The third kappa shape index (κ3) is 1.90. The lowest BCUT2D eigenvalue weighted by Gasteiger charge is -2.26. The highest BCUT2D eigenvalue weighted by atomic mass is 14.9. The minimum Gasteiger partial charge on any atom is -0.384 e. The third-order valence-electron chi connectivity index (χ3n) is 2.38. The van der Waals surface area contributed by atoms with Crippen LogP contribution in [0.15, 0.2) is 23.4 Å². The molecule has 1 heterocycles. The second-order valence-corrected chi connectivity index (χ2v) is 3.81. The van der Waals surface area contributed by atoms with E-state index >= 15 is 0 Å². The molecular weight excluding hydrogens is 146 g/mol. The first-order valence-corrected chi connectivity index (χ1v) is 4.79. The molecule has 1 atom stereocenters. The highest BCUT2D eigenvalue weighted by Gasteiger charge is 2.16. The summed E-state index contributed by atoms with van der Waals surface area (Å²) < 4.78 is 0. The predicted octanol–water partition coefficient (Wildman–Crippen LogP) is 2.85. The van der Waals surface area contributed by atoms with Crippen molar-refractivity contribution in [1.82, 2.24) is 5.32 Å². The molecule has 0 amide bonds. The van der Waals surface area contributed by atoms with Crippen molar-refractivity contribution in [3.8, 4) is 0 Å². The Morgan fingerprint density at radius 1 is 1.50 bits per heavy atom. The Labute approximate surface area is 75.6 Å². The molecule has 12 heavy (non-hydrogen) atoms. The van der Waals surface area contributed by atoms with Crippen LogP contribution in [0.5, 0.6) is 0 Å². The second kappa shape index (κ2) is 3.79. The largest absolute Gasteiger partial charge is 0.384 e. The molecule has 68 valence electrons. The van der Waals surface area contributed by atoms with Gasteiger partial charge in [0.1, 0.15) is 0 Å². The Hall–Kier alpha value is -0.720. The van der Waals surface area contributed by atoms with Gasteiger partial charge in [-0.2, -0.15) is 0 Å². The number of hydrogen-bond donors (Lipinski definition) is 1. The van der Waals surface area contributed by atoms with E-state index in [4.69, 9.17) is 0 Å². The average molecular weight is 165 g/mol. The zero-order valence-electron chi connectivity index (χ0n) is 8.52. The summed E-state index contributed by atoms with van der Waals surface area (Å²) >= 11 is 0. The molecule has 1 aliphatic heterocycles. The first-order valence-electron chi connectivity index (χ1n) is 4.79. The van der Waals surface area contributed by atoms with Gasteiger partial charge < -0.3 is 5.32 Å². The van der Waals surface area contributed by atoms with E-state index in [9.17, 15) is 0 Å². The first-order chi connectivity index (χ1) is 5.65. The van der Waals surface area contributed by atoms with Gasteiger partial charge in [-0.3, -0.25) is 0 Å². The van der Waals surface area contributed by atoms with Gasteiger partial charge in [0.05, 0.1) is 0 Å². The lowest BCUT2D eigenvalue weighted by molar-refractivity contribution is 0.561. The van der Waals surface area contributed by atoms with E-state index in [0.29, 0.717) is 12.0 Å². The zero-order valence-corrected chi connectivity index (χ0v) is 8.52. The van der Waals surface area contributed by atoms with Gasteiger partial charge in [-0.1, -0.05) is 26.8 Å². The summed E-state index contributed by atoms with van der Waals surface area (Å²) in [6.07, 6.45) is 5.60. The Balaban J connectivity index is 2.81. The molecular formula is C11H19N. The number of allylic oxidation sites excluding steroid dienone is 2. The van der Waals surface area contributed by atoms with E-state index in [1.54, 1.807) is 0 Å². The maximum absolute atomic E-state index is 3.42. The molecule has 1 nitrogen and oxygen atoms in total. The Kier molecular flexibility index (Phi) is 2.96. The quantitative estimate of drug-likeness (QED) is 0.663. The number of rotatable bonds is 2. The maximum Gasteiger partial charge on any atom is 0.0471 e. The van der Waals surface area contributed by atoms with E-state index in [1.165, 1.54) is 17.6 Å². The fourth-order valence-corrected chi connectivity index (χ4v) is 1.66. The SMILES string of the molecule is CCC1NC=C(C)C=C1C(C)C. The summed E-state index contributed by atoms with van der Waals surface area (Å²) in [7, 11) is 0. The van der Waals surface area contributed by atoms with Gasteiger partial charge in [-0.15, -0.1) is 0 Å². The van der Waals surface area contributed by atoms with Crippen LogP contribution in [-0.2, 0) is 0 Å². The Morgan fingerprint density at radius 3 is 2.67 bits per heavy atom. The van der Waals surface area contributed by atoms with E-state index in [2.05, 4.69) is 45.3 Å². The van der Waals surface area contributed by atoms with E-state index < -0.39 is 0 Å². The molecule has 1 N–H and O–H groups in total. The minimum absolute atomic E-state index is 0.564. The van der Waals surface area contributed by atoms with Crippen molar-refractivity contribution in [2.24, 2.45) is 5.92 Å². The first kappa shape index (κ1) is 9.37. The van der Waals surface area contributed by atoms with Gasteiger partial charge in [-0.05, 0) is 36.6 Å². The van der Waals surface area contributed by atoms with Crippen LogP contribution in [0.1, 0.15) is 34.1 Å². The molecule has 0 radical (unpaired) electrons. The number of nitrogens with one attached hydrogen (secondary N) is 1. The van der Waals surface area contributed by atoms with E-state index in [-0.39, 0.29) is 0 Å². The lowest BCUT2D eigenvalue weighted by atomic mass is 9.90. The molecule has 0 saturated heterocycles. The van der Waals surface area contributed by atoms with Crippen LogP contribution in [0.2, 0.25) is 0 Å². The second-order valence-electron chi connectivity index (χ2n) is 3.81. The Morgan fingerprint density at radius 2 is 2.17 bits per heavy atom. The summed E-state index contributed by atoms with van der Waals surface area (Å²) in [4.78, 5) is 0. The van der Waals surface area contributed by atoms with Crippen LogP contribution < -0.4 is 5.32 Å². The zero-order chi connectivity index (χ0) is 9.14. The third-order valence-corrected chi connectivity index (χ3v) is 2.38. The highest BCUT2D eigenvalue weighted by Crippen LogP contribution is 2.21. The normalized spacial score (nSPS) is 23.2. The molecule has 1 rings (SSSR count). The van der Waals surface area contributed by atoms with Crippen LogP contribution in [-0.4, -0.2) is 6.04 Å². The lowest BCUT2D eigenvalue weighted by Crippen LogP contribution is -2.30. The summed E-state index contributed by atoms with van der Waals surface area (Å²) in [6.45, 7) is 8.88. The molecule has 1 heteroatoms. The van der Waals surface area contributed by atoms with Crippen molar-refractivity contribution in [3.05, 3.63) is 23.4 Å². The van der Waals surface area contributed by atoms with Crippen LogP contribution in [0.25, 0.3) is 0 Å². The van der Waals surface area contributed by atoms with Crippen molar-refractivity contribution in [1.29, 1.82) is 0 Å². The summed E-state index contributed by atoms with van der Waals surface area (Å²) in [5, 5.41) is 3.42. The van der Waals surface area contributed by atoms with Crippen molar-refractivity contribution >= 4 is 0 Å².